The first-order valence-corrected chi connectivity index (χ1v) is 6.13. The summed E-state index contributed by atoms with van der Waals surface area (Å²) in [4.78, 5) is 13.5. The first-order valence-electron chi connectivity index (χ1n) is 6.13. The van der Waals surface area contributed by atoms with E-state index in [4.69, 9.17) is 0 Å². The van der Waals surface area contributed by atoms with Crippen molar-refractivity contribution in [2.75, 3.05) is 26.7 Å². The second kappa shape index (κ2) is 8.53. The van der Waals surface area contributed by atoms with Crippen molar-refractivity contribution in [3.05, 3.63) is 0 Å². The molecule has 4 nitrogen and oxygen atoms in total. The third-order valence-electron chi connectivity index (χ3n) is 2.13. The minimum Gasteiger partial charge on any atom is -0.353 e. The summed E-state index contributed by atoms with van der Waals surface area (Å²) in [6.07, 6.45) is 1.07. The van der Waals surface area contributed by atoms with Gasteiger partial charge in [-0.1, -0.05) is 13.8 Å². The van der Waals surface area contributed by atoms with Crippen LogP contribution in [0.5, 0.6) is 0 Å². The number of nitrogens with one attached hydrogen (secondary N) is 2. The second-order valence-corrected chi connectivity index (χ2v) is 4.92. The van der Waals surface area contributed by atoms with Crippen molar-refractivity contribution in [1.82, 2.24) is 15.5 Å². The number of nitrogens with zero attached hydrogens (tertiary/aromatic N) is 1. The van der Waals surface area contributed by atoms with Crippen LogP contribution >= 0.6 is 0 Å². The van der Waals surface area contributed by atoms with Crippen LogP contribution in [-0.2, 0) is 4.79 Å². The number of amides is 1. The summed E-state index contributed by atoms with van der Waals surface area (Å²) >= 11 is 0. The molecular formula is C12H27N3O. The summed E-state index contributed by atoms with van der Waals surface area (Å²) < 4.78 is 0. The third kappa shape index (κ3) is 9.93. The van der Waals surface area contributed by atoms with Gasteiger partial charge in [0, 0.05) is 12.1 Å². The van der Waals surface area contributed by atoms with E-state index in [2.05, 4.69) is 29.4 Å². The van der Waals surface area contributed by atoms with Crippen molar-refractivity contribution < 1.29 is 4.79 Å². The van der Waals surface area contributed by atoms with Crippen LogP contribution in [0.2, 0.25) is 0 Å². The van der Waals surface area contributed by atoms with Gasteiger partial charge < -0.3 is 10.6 Å². The van der Waals surface area contributed by atoms with Crippen molar-refractivity contribution in [1.29, 1.82) is 0 Å². The predicted octanol–water partition coefficient (Wildman–Crippen LogP) is 0.831. The molecule has 0 aromatic rings. The largest absolute Gasteiger partial charge is 0.353 e. The summed E-state index contributed by atoms with van der Waals surface area (Å²) in [7, 11) is 1.98. The average molecular weight is 229 g/mol. The average Bonchev–Trinajstić information content (AvgIpc) is 2.10. The molecule has 0 unspecified atom stereocenters. The van der Waals surface area contributed by atoms with Gasteiger partial charge >= 0.3 is 0 Å². The molecule has 0 radical (unpaired) electrons. The Morgan fingerprint density at radius 3 is 2.31 bits per heavy atom. The maximum atomic E-state index is 11.4. The highest BCUT2D eigenvalue weighted by molar-refractivity contribution is 5.78. The van der Waals surface area contributed by atoms with Crippen LogP contribution in [0.25, 0.3) is 0 Å². The van der Waals surface area contributed by atoms with E-state index < -0.39 is 0 Å². The lowest BCUT2D eigenvalue weighted by Gasteiger charge is -2.17. The predicted molar refractivity (Wildman–Crippen MR) is 68.5 cm³/mol. The molecule has 96 valence electrons. The van der Waals surface area contributed by atoms with Gasteiger partial charge in [0.15, 0.2) is 0 Å². The molecule has 16 heavy (non-hydrogen) atoms. The SMILES string of the molecule is CC(C)NCCCN(C)CC(=O)NC(C)C. The van der Waals surface area contributed by atoms with Crippen LogP contribution in [-0.4, -0.2) is 49.6 Å². The van der Waals surface area contributed by atoms with Crippen LogP contribution in [0.4, 0.5) is 0 Å². The molecule has 0 fully saturated rings. The first kappa shape index (κ1) is 15.4. The summed E-state index contributed by atoms with van der Waals surface area (Å²) in [5.74, 6) is 0.106. The molecule has 0 bridgehead atoms. The minimum absolute atomic E-state index is 0.106. The van der Waals surface area contributed by atoms with Crippen molar-refractivity contribution in [3.63, 3.8) is 0 Å². The van der Waals surface area contributed by atoms with Crippen LogP contribution < -0.4 is 10.6 Å². The Kier molecular flexibility index (Phi) is 8.21. The van der Waals surface area contributed by atoms with Crippen molar-refractivity contribution in [2.45, 2.75) is 46.2 Å². The van der Waals surface area contributed by atoms with Crippen LogP contribution in [0, 0.1) is 0 Å². The van der Waals surface area contributed by atoms with Gasteiger partial charge in [0.05, 0.1) is 6.54 Å². The highest BCUT2D eigenvalue weighted by Crippen LogP contribution is 1.88. The maximum Gasteiger partial charge on any atom is 0.234 e. The van der Waals surface area contributed by atoms with Gasteiger partial charge in [-0.25, -0.2) is 0 Å². The number of carbonyl (C=O) groups excluding carboxylic acids is 1. The molecule has 0 atom stereocenters. The van der Waals surface area contributed by atoms with E-state index in [1.807, 2.05) is 20.9 Å². The molecular weight excluding hydrogens is 202 g/mol. The Labute approximate surface area is 99.8 Å². The van der Waals surface area contributed by atoms with E-state index in [1.165, 1.54) is 0 Å². The zero-order valence-electron chi connectivity index (χ0n) is 11.3. The zero-order valence-corrected chi connectivity index (χ0v) is 11.3. The van der Waals surface area contributed by atoms with Gasteiger partial charge in [0.25, 0.3) is 0 Å². The fraction of sp³-hybridized carbons (Fsp3) is 0.917. The summed E-state index contributed by atoms with van der Waals surface area (Å²) in [6.45, 7) is 10.7. The first-order chi connectivity index (χ1) is 7.41. The molecule has 0 aliphatic heterocycles. The van der Waals surface area contributed by atoms with Gasteiger partial charge in [0.2, 0.25) is 5.91 Å². The topological polar surface area (TPSA) is 44.4 Å². The molecule has 0 heterocycles. The molecule has 0 aliphatic carbocycles. The number of hydrogen-bond donors (Lipinski definition) is 2. The monoisotopic (exact) mass is 229 g/mol. The molecule has 0 aromatic heterocycles. The lowest BCUT2D eigenvalue weighted by atomic mass is 10.3. The Bertz CT molecular complexity index is 193. The second-order valence-electron chi connectivity index (χ2n) is 4.92. The quantitative estimate of drug-likeness (QED) is 0.606. The van der Waals surface area contributed by atoms with Crippen molar-refractivity contribution in [2.24, 2.45) is 0 Å². The highest BCUT2D eigenvalue weighted by atomic mass is 16.2. The molecule has 2 N–H and O–H groups in total. The molecule has 0 aliphatic rings. The Morgan fingerprint density at radius 1 is 1.19 bits per heavy atom. The molecule has 1 amide bonds. The normalized spacial score (nSPS) is 11.5. The Balaban J connectivity index is 3.50. The number of hydrogen-bond acceptors (Lipinski definition) is 3. The van der Waals surface area contributed by atoms with Gasteiger partial charge in [-0.2, -0.15) is 0 Å². The fourth-order valence-electron chi connectivity index (χ4n) is 1.43. The van der Waals surface area contributed by atoms with Crippen LogP contribution in [0.1, 0.15) is 34.1 Å². The molecule has 0 spiro atoms. The summed E-state index contributed by atoms with van der Waals surface area (Å²) in [5, 5.41) is 6.25. The number of rotatable bonds is 8. The van der Waals surface area contributed by atoms with Crippen LogP contribution in [0.15, 0.2) is 0 Å². The van der Waals surface area contributed by atoms with E-state index in [0.29, 0.717) is 12.6 Å². The van der Waals surface area contributed by atoms with E-state index in [0.717, 1.165) is 19.5 Å². The zero-order chi connectivity index (χ0) is 12.6. The third-order valence-corrected chi connectivity index (χ3v) is 2.13. The standard InChI is InChI=1S/C12H27N3O/c1-10(2)13-7-6-8-15(5)9-12(16)14-11(3)4/h10-11,13H,6-9H2,1-5H3,(H,14,16). The van der Waals surface area contributed by atoms with Gasteiger partial charge in [-0.15, -0.1) is 0 Å². The van der Waals surface area contributed by atoms with Gasteiger partial charge in [0.1, 0.15) is 0 Å². The Hall–Kier alpha value is -0.610. The maximum absolute atomic E-state index is 11.4. The lowest BCUT2D eigenvalue weighted by Crippen LogP contribution is -2.39. The molecule has 0 rings (SSSR count). The minimum atomic E-state index is 0.106. The van der Waals surface area contributed by atoms with E-state index in [-0.39, 0.29) is 11.9 Å². The van der Waals surface area contributed by atoms with E-state index in [9.17, 15) is 4.79 Å². The van der Waals surface area contributed by atoms with Crippen molar-refractivity contribution in [3.8, 4) is 0 Å². The molecule has 4 heteroatoms. The summed E-state index contributed by atoms with van der Waals surface area (Å²) in [6, 6.07) is 0.762. The highest BCUT2D eigenvalue weighted by Gasteiger charge is 2.06. The lowest BCUT2D eigenvalue weighted by molar-refractivity contribution is -0.122. The summed E-state index contributed by atoms with van der Waals surface area (Å²) in [5.41, 5.74) is 0. The van der Waals surface area contributed by atoms with E-state index in [1.54, 1.807) is 0 Å². The van der Waals surface area contributed by atoms with E-state index >= 15 is 0 Å². The fourth-order valence-corrected chi connectivity index (χ4v) is 1.43. The van der Waals surface area contributed by atoms with Crippen LogP contribution in [0.3, 0.4) is 0 Å². The van der Waals surface area contributed by atoms with Crippen molar-refractivity contribution >= 4 is 5.91 Å². The number of likely N-dealkylation sites (N-methyl/N-ethyl adjacent to an activating group) is 1. The smallest absolute Gasteiger partial charge is 0.234 e. The van der Waals surface area contributed by atoms with Gasteiger partial charge in [-0.3, -0.25) is 9.69 Å². The number of carbonyl (C=O) groups is 1. The Morgan fingerprint density at radius 2 is 1.81 bits per heavy atom. The molecule has 0 saturated heterocycles. The molecule has 0 saturated carbocycles. The molecule has 0 aromatic carbocycles. The van der Waals surface area contributed by atoms with Gasteiger partial charge in [-0.05, 0) is 40.4 Å².